The largest absolute Gasteiger partial charge is 0.462 e. The Morgan fingerprint density at radius 3 is 1.16 bits per heavy atom. The van der Waals surface area contributed by atoms with Gasteiger partial charge in [-0.3, -0.25) is 9.47 Å². The molecule has 0 spiro atoms. The Kier molecular flexibility index (Phi) is 8.70. The van der Waals surface area contributed by atoms with Gasteiger partial charge in [0.25, 0.3) is 0 Å². The Labute approximate surface area is 195 Å². The molecule has 37 heavy (non-hydrogen) atoms. The molecule has 0 amide bonds. The predicted octanol–water partition coefficient (Wildman–Crippen LogP) is 7.23. The molecule has 0 aliphatic heterocycles. The smallest absolute Gasteiger partial charge is 0.455 e. The van der Waals surface area contributed by atoms with Crippen LogP contribution in [0.15, 0.2) is 0 Å². The topological polar surface area (TPSA) is 44.8 Å². The second kappa shape index (κ2) is 9.15. The first-order chi connectivity index (χ1) is 15.5. The van der Waals surface area contributed by atoms with Gasteiger partial charge in [0.1, 0.15) is 5.60 Å². The second-order valence-electron chi connectivity index (χ2n) is 8.65. The Hall–Kier alpha value is -1.80. The number of hydrogen-bond donors (Lipinski definition) is 0. The van der Waals surface area contributed by atoms with Crippen molar-refractivity contribution in [1.29, 1.82) is 0 Å². The van der Waals surface area contributed by atoms with Crippen LogP contribution in [-0.4, -0.2) is 59.9 Å². The first-order valence-corrected chi connectivity index (χ1v) is 8.89. The van der Waals surface area contributed by atoms with E-state index < -0.39 is 65.4 Å². The number of alkyl halides is 17. The van der Waals surface area contributed by atoms with Crippen molar-refractivity contribution in [2.24, 2.45) is 5.41 Å². The summed E-state index contributed by atoms with van der Waals surface area (Å²) in [6.07, 6.45) is -38.6. The van der Waals surface area contributed by atoms with Crippen molar-refractivity contribution in [2.75, 3.05) is 0 Å². The summed E-state index contributed by atoms with van der Waals surface area (Å²) in [4.78, 5) is 11.8. The van der Waals surface area contributed by atoms with Gasteiger partial charge >= 0.3 is 54.3 Å². The number of halogens is 17. The van der Waals surface area contributed by atoms with E-state index in [0.717, 1.165) is 20.8 Å². The van der Waals surface area contributed by atoms with E-state index in [0.29, 0.717) is 13.8 Å². The van der Waals surface area contributed by atoms with Crippen molar-refractivity contribution >= 4 is 5.97 Å². The molecule has 0 bridgehead atoms. The van der Waals surface area contributed by atoms with Crippen molar-refractivity contribution in [1.82, 2.24) is 0 Å². The molecule has 0 aliphatic carbocycles. The highest BCUT2D eigenvalue weighted by Gasteiger charge is 2.85. The quantitative estimate of drug-likeness (QED) is 0.220. The van der Waals surface area contributed by atoms with Crippen LogP contribution in [0, 0.1) is 5.41 Å². The summed E-state index contributed by atoms with van der Waals surface area (Å²) >= 11 is 0. The van der Waals surface area contributed by atoms with Gasteiger partial charge in [0.2, 0.25) is 0 Å². The van der Waals surface area contributed by atoms with Crippen LogP contribution in [0.3, 0.4) is 0 Å². The van der Waals surface area contributed by atoms with Gasteiger partial charge in [-0.15, -0.1) is 0 Å². The van der Waals surface area contributed by atoms with Crippen molar-refractivity contribution < 1.29 is 93.6 Å². The Balaban J connectivity index is 6.89. The van der Waals surface area contributed by atoms with Crippen LogP contribution in [0.4, 0.5) is 74.6 Å². The Morgan fingerprint density at radius 1 is 0.514 bits per heavy atom. The Morgan fingerprint density at radius 2 is 0.892 bits per heavy atom. The van der Waals surface area contributed by atoms with Gasteiger partial charge in [0.05, 0.1) is 0 Å². The molecule has 0 unspecified atom stereocenters. The molecule has 0 aliphatic rings. The number of rotatable bonds is 8. The monoisotopic (exact) mass is 594 g/mol. The normalized spacial score (nSPS) is 18.8. The number of hydrogen-bond acceptors (Lipinski definition) is 4. The van der Waals surface area contributed by atoms with E-state index in [1.165, 1.54) is 4.74 Å². The third-order valence-electron chi connectivity index (χ3n) is 4.78. The number of ether oxygens (including phenoxy) is 3. The standard InChI is InChI=1S/C16H15F17O4/c1-7(2,3)8(4,5)35-6(34)9(17,12(21,22)23)36-16(32,33)11(20,14(27,28)29)37-15(30,31)10(18,19)13(24,25)26/h1-5H3/t9-,11+/m1/s1. The molecule has 0 heterocycles. The molecule has 0 radical (unpaired) electrons. The summed E-state index contributed by atoms with van der Waals surface area (Å²) in [5.41, 5.74) is -3.82. The molecule has 0 aromatic rings. The minimum Gasteiger partial charge on any atom is -0.455 e. The molecule has 0 saturated heterocycles. The zero-order valence-corrected chi connectivity index (χ0v) is 18.6. The molecular formula is C16H15F17O4. The summed E-state index contributed by atoms with van der Waals surface area (Å²) in [6, 6.07) is 0. The SMILES string of the molecule is CC(C)(C)C(C)(C)OC(=O)[C@@](F)(OC(F)(F)[C@@](F)(OC(F)(F)C(F)(F)C(F)(F)F)C(F)(F)F)C(F)(F)F. The zero-order valence-electron chi connectivity index (χ0n) is 18.6. The van der Waals surface area contributed by atoms with Crippen LogP contribution in [0.2, 0.25) is 0 Å². The molecule has 0 aromatic heterocycles. The predicted molar refractivity (Wildman–Crippen MR) is 82.5 cm³/mol. The number of carbonyl (C=O) groups excluding carboxylic acids is 1. The minimum atomic E-state index is -8.07. The molecule has 0 rings (SSSR count). The maximum absolute atomic E-state index is 14.5. The molecule has 0 fully saturated rings. The summed E-state index contributed by atoms with van der Waals surface area (Å²) in [7, 11) is 0. The van der Waals surface area contributed by atoms with E-state index in [-0.39, 0.29) is 0 Å². The second-order valence-corrected chi connectivity index (χ2v) is 8.65. The molecular weight excluding hydrogens is 579 g/mol. The van der Waals surface area contributed by atoms with Crippen LogP contribution < -0.4 is 0 Å². The number of carbonyl (C=O) groups is 1. The fourth-order valence-electron chi connectivity index (χ4n) is 1.60. The highest BCUT2D eigenvalue weighted by Crippen LogP contribution is 2.56. The lowest BCUT2D eigenvalue weighted by atomic mass is 9.79. The van der Waals surface area contributed by atoms with Crippen LogP contribution in [-0.2, 0) is 19.0 Å². The van der Waals surface area contributed by atoms with E-state index in [2.05, 4.69) is 4.74 Å². The number of esters is 1. The summed E-state index contributed by atoms with van der Waals surface area (Å²) in [6.45, 7) is 4.65. The maximum Gasteiger partial charge on any atom is 0.462 e. The lowest BCUT2D eigenvalue weighted by molar-refractivity contribution is -0.549. The molecule has 21 heteroatoms. The third-order valence-corrected chi connectivity index (χ3v) is 4.78. The summed E-state index contributed by atoms with van der Waals surface area (Å²) in [5.74, 6) is -26.5. The van der Waals surface area contributed by atoms with Gasteiger partial charge in [0, 0.05) is 5.41 Å². The van der Waals surface area contributed by atoms with Crippen molar-refractivity contribution in [2.45, 2.75) is 88.6 Å². The molecule has 0 N–H and O–H groups in total. The van der Waals surface area contributed by atoms with Crippen molar-refractivity contribution in [3.8, 4) is 0 Å². The average molecular weight is 594 g/mol. The van der Waals surface area contributed by atoms with Crippen LogP contribution in [0.1, 0.15) is 34.6 Å². The van der Waals surface area contributed by atoms with Gasteiger partial charge in [-0.1, -0.05) is 20.8 Å². The molecule has 2 atom stereocenters. The van der Waals surface area contributed by atoms with Gasteiger partial charge in [-0.25, -0.2) is 4.79 Å². The van der Waals surface area contributed by atoms with E-state index in [9.17, 15) is 79.4 Å². The fourth-order valence-corrected chi connectivity index (χ4v) is 1.60. The minimum absolute atomic E-state index is 0.706. The first kappa shape index (κ1) is 35.2. The molecule has 0 saturated carbocycles. The van der Waals surface area contributed by atoms with Gasteiger partial charge < -0.3 is 4.74 Å². The van der Waals surface area contributed by atoms with E-state index in [1.807, 2.05) is 4.74 Å². The van der Waals surface area contributed by atoms with E-state index >= 15 is 0 Å². The highest BCUT2D eigenvalue weighted by molar-refractivity contribution is 5.79. The summed E-state index contributed by atoms with van der Waals surface area (Å²) in [5, 5.41) is 0. The van der Waals surface area contributed by atoms with Gasteiger partial charge in [0.15, 0.2) is 0 Å². The maximum atomic E-state index is 14.5. The molecule has 0 aromatic carbocycles. The lowest BCUT2D eigenvalue weighted by Crippen LogP contribution is -2.68. The first-order valence-electron chi connectivity index (χ1n) is 8.89. The fraction of sp³-hybridized carbons (Fsp3) is 0.938. The van der Waals surface area contributed by atoms with Crippen LogP contribution in [0.5, 0.6) is 0 Å². The Bertz CT molecular complexity index is 836. The highest BCUT2D eigenvalue weighted by atomic mass is 19.4. The summed E-state index contributed by atoms with van der Waals surface area (Å²) < 4.78 is 230. The van der Waals surface area contributed by atoms with E-state index in [4.69, 9.17) is 0 Å². The molecule has 4 nitrogen and oxygen atoms in total. The van der Waals surface area contributed by atoms with Crippen LogP contribution in [0.25, 0.3) is 0 Å². The van der Waals surface area contributed by atoms with Crippen molar-refractivity contribution in [3.05, 3.63) is 0 Å². The molecule has 222 valence electrons. The van der Waals surface area contributed by atoms with Gasteiger partial charge in [-0.05, 0) is 13.8 Å². The zero-order chi connectivity index (χ0) is 30.7. The lowest BCUT2D eigenvalue weighted by Gasteiger charge is -2.42. The van der Waals surface area contributed by atoms with E-state index in [1.54, 1.807) is 0 Å². The van der Waals surface area contributed by atoms with Crippen LogP contribution >= 0.6 is 0 Å². The van der Waals surface area contributed by atoms with Crippen molar-refractivity contribution in [3.63, 3.8) is 0 Å². The third kappa shape index (κ3) is 6.27. The van der Waals surface area contributed by atoms with Gasteiger partial charge in [-0.2, -0.15) is 74.6 Å². The average Bonchev–Trinajstić information content (AvgIpc) is 2.56.